The van der Waals surface area contributed by atoms with Crippen molar-refractivity contribution in [3.63, 3.8) is 0 Å². The van der Waals surface area contributed by atoms with Gasteiger partial charge in [-0.3, -0.25) is 9.59 Å². The van der Waals surface area contributed by atoms with Crippen LogP contribution in [0, 0.1) is 0 Å². The van der Waals surface area contributed by atoms with Gasteiger partial charge in [-0.1, -0.05) is 171 Å². The van der Waals surface area contributed by atoms with Gasteiger partial charge in [0.1, 0.15) is 12.6 Å². The number of carbonyl (C=O) groups excluding carboxylic acids is 3. The van der Waals surface area contributed by atoms with Crippen LogP contribution < -0.4 is 5.11 Å². The van der Waals surface area contributed by atoms with Crippen molar-refractivity contribution in [2.75, 3.05) is 41.0 Å². The van der Waals surface area contributed by atoms with Crippen molar-refractivity contribution in [1.29, 1.82) is 0 Å². The van der Waals surface area contributed by atoms with Crippen molar-refractivity contribution in [3.05, 3.63) is 60.8 Å². The number of hydrogen-bond acceptors (Lipinski definition) is 7. The molecule has 0 aliphatic heterocycles. The van der Waals surface area contributed by atoms with E-state index in [4.69, 9.17) is 14.2 Å². The Morgan fingerprint density at radius 2 is 0.918 bits per heavy atom. The summed E-state index contributed by atoms with van der Waals surface area (Å²) < 4.78 is 17.2. The smallest absolute Gasteiger partial charge is 0.306 e. The molecule has 8 heteroatoms. The van der Waals surface area contributed by atoms with Gasteiger partial charge >= 0.3 is 11.9 Å². The molecule has 0 bridgehead atoms. The van der Waals surface area contributed by atoms with Gasteiger partial charge in [-0.05, 0) is 77.0 Å². The topological polar surface area (TPSA) is 102 Å². The Morgan fingerprint density at radius 3 is 1.39 bits per heavy atom. The normalized spacial score (nSPS) is 13.4. The number of hydrogen-bond donors (Lipinski definition) is 0. The molecule has 0 aromatic heterocycles. The van der Waals surface area contributed by atoms with Gasteiger partial charge in [-0.25, -0.2) is 0 Å². The maximum absolute atomic E-state index is 12.8. The van der Waals surface area contributed by atoms with E-state index in [0.717, 1.165) is 77.0 Å². The van der Waals surface area contributed by atoms with Crippen molar-refractivity contribution in [1.82, 2.24) is 0 Å². The molecule has 0 radical (unpaired) electrons. The Bertz CT molecular complexity index is 1180. The first-order valence-electron chi connectivity index (χ1n) is 24.8. The monoisotopic (exact) mass is 856 g/mol. The first-order valence-corrected chi connectivity index (χ1v) is 24.8. The van der Waals surface area contributed by atoms with Gasteiger partial charge in [-0.15, -0.1) is 0 Å². The van der Waals surface area contributed by atoms with Crippen LogP contribution in [-0.2, 0) is 28.6 Å². The number of quaternary nitrogens is 1. The molecule has 2 unspecified atom stereocenters. The number of ether oxygens (including phenoxy) is 3. The molecule has 0 spiro atoms. The van der Waals surface area contributed by atoms with Crippen molar-refractivity contribution in [2.45, 2.75) is 219 Å². The second-order valence-electron chi connectivity index (χ2n) is 17.7. The second-order valence-corrected chi connectivity index (χ2v) is 17.7. The molecular formula is C53H93NO7. The summed E-state index contributed by atoms with van der Waals surface area (Å²) in [5.41, 5.74) is 0. The fraction of sp³-hybridized carbons (Fsp3) is 0.755. The molecule has 0 aliphatic carbocycles. The second kappa shape index (κ2) is 43.7. The van der Waals surface area contributed by atoms with E-state index < -0.39 is 18.1 Å². The number of carboxylic acids is 1. The summed E-state index contributed by atoms with van der Waals surface area (Å²) in [4.78, 5) is 37.0. The number of esters is 2. The van der Waals surface area contributed by atoms with Gasteiger partial charge in [0.2, 0.25) is 0 Å². The van der Waals surface area contributed by atoms with Crippen LogP contribution in [0.3, 0.4) is 0 Å². The van der Waals surface area contributed by atoms with Crippen molar-refractivity contribution >= 4 is 17.9 Å². The predicted molar refractivity (Wildman–Crippen MR) is 254 cm³/mol. The summed E-state index contributed by atoms with van der Waals surface area (Å²) in [5, 5.41) is 11.6. The molecule has 61 heavy (non-hydrogen) atoms. The summed E-state index contributed by atoms with van der Waals surface area (Å²) in [6, 6.07) is -0.730. The van der Waals surface area contributed by atoms with E-state index in [0.29, 0.717) is 12.8 Å². The molecule has 0 aromatic carbocycles. The molecule has 0 aromatic rings. The van der Waals surface area contributed by atoms with E-state index in [1.165, 1.54) is 96.3 Å². The number of unbranched alkanes of at least 4 members (excludes halogenated alkanes) is 20. The molecule has 352 valence electrons. The van der Waals surface area contributed by atoms with Gasteiger partial charge in [-0.2, -0.15) is 0 Å². The van der Waals surface area contributed by atoms with Gasteiger partial charge in [0.25, 0.3) is 0 Å². The maximum atomic E-state index is 12.8. The zero-order valence-electron chi connectivity index (χ0n) is 40.1. The molecule has 0 fully saturated rings. The van der Waals surface area contributed by atoms with Gasteiger partial charge in [0, 0.05) is 19.3 Å². The minimum Gasteiger partial charge on any atom is -0.544 e. The Balaban J connectivity index is 4.26. The van der Waals surface area contributed by atoms with Gasteiger partial charge in [0.15, 0.2) is 6.10 Å². The highest BCUT2D eigenvalue weighted by molar-refractivity contribution is 5.70. The van der Waals surface area contributed by atoms with Crippen LogP contribution in [0.15, 0.2) is 60.8 Å². The fourth-order valence-electron chi connectivity index (χ4n) is 7.06. The van der Waals surface area contributed by atoms with Crippen LogP contribution in [-0.4, -0.2) is 75.5 Å². The minimum atomic E-state index is -1.13. The zero-order chi connectivity index (χ0) is 44.9. The quantitative estimate of drug-likeness (QED) is 0.0260. The Kier molecular flexibility index (Phi) is 41.5. The SMILES string of the molecule is CC/C=C/C/C=C/C/C=C/C/C=C/CCCCCCCCCCCCC(=O)OC(COCCC(C(=O)[O-])[N+](C)(C)C)COC(=O)CCCCC/C=C/CCCCCCCCC. The van der Waals surface area contributed by atoms with Gasteiger partial charge < -0.3 is 28.6 Å². The van der Waals surface area contributed by atoms with E-state index in [1.807, 2.05) is 0 Å². The van der Waals surface area contributed by atoms with Crippen LogP contribution in [0.4, 0.5) is 0 Å². The summed E-state index contributed by atoms with van der Waals surface area (Å²) in [6.07, 6.45) is 53.9. The molecule has 0 saturated carbocycles. The highest BCUT2D eigenvalue weighted by atomic mass is 16.6. The van der Waals surface area contributed by atoms with E-state index in [2.05, 4.69) is 74.6 Å². The number of nitrogens with zero attached hydrogens (tertiary/aromatic N) is 1. The van der Waals surface area contributed by atoms with Crippen LogP contribution >= 0.6 is 0 Å². The Hall–Kier alpha value is -2.97. The Morgan fingerprint density at radius 1 is 0.508 bits per heavy atom. The highest BCUT2D eigenvalue weighted by Crippen LogP contribution is 2.15. The van der Waals surface area contributed by atoms with Crippen molar-refractivity contribution in [2.24, 2.45) is 0 Å². The first kappa shape index (κ1) is 58.0. The summed E-state index contributed by atoms with van der Waals surface area (Å²) in [7, 11) is 5.41. The van der Waals surface area contributed by atoms with E-state index >= 15 is 0 Å². The molecule has 0 rings (SSSR count). The average Bonchev–Trinajstić information content (AvgIpc) is 3.22. The van der Waals surface area contributed by atoms with Crippen molar-refractivity contribution < 1.29 is 38.2 Å². The lowest BCUT2D eigenvalue weighted by atomic mass is 10.0. The number of rotatable bonds is 44. The van der Waals surface area contributed by atoms with E-state index in [9.17, 15) is 19.5 Å². The standard InChI is InChI=1S/C53H93NO7/c1-6-8-10-12-14-16-18-20-22-23-24-25-26-27-28-29-30-32-34-36-38-40-42-44-52(56)61-49(47-59-46-45-50(53(57)58)54(3,4)5)48-60-51(55)43-41-39-37-35-33-31-21-19-17-15-13-11-9-7-2/h8,10,14,16,20,22,24-25,31,33,49-50H,6-7,9,11-13,15,17-19,21,23,26-30,32,34-48H2,1-5H3/b10-8+,16-14+,22-20+,25-24+,33-31+. The molecule has 0 saturated heterocycles. The molecule has 8 nitrogen and oxygen atoms in total. The third kappa shape index (κ3) is 42.1. The van der Waals surface area contributed by atoms with Crippen molar-refractivity contribution in [3.8, 4) is 0 Å². The molecule has 0 amide bonds. The molecular weight excluding hydrogens is 763 g/mol. The van der Waals surface area contributed by atoms with Crippen LogP contribution in [0.1, 0.15) is 206 Å². The third-order valence-electron chi connectivity index (χ3n) is 10.9. The lowest BCUT2D eigenvalue weighted by molar-refractivity contribution is -0.889. The highest BCUT2D eigenvalue weighted by Gasteiger charge is 2.25. The van der Waals surface area contributed by atoms with E-state index in [-0.39, 0.29) is 42.7 Å². The van der Waals surface area contributed by atoms with Crippen LogP contribution in [0.5, 0.6) is 0 Å². The zero-order valence-corrected chi connectivity index (χ0v) is 40.1. The number of likely N-dealkylation sites (N-methyl/N-ethyl adjacent to an activating group) is 1. The number of allylic oxidation sites excluding steroid dienone is 10. The fourth-order valence-corrected chi connectivity index (χ4v) is 7.06. The average molecular weight is 856 g/mol. The first-order chi connectivity index (χ1) is 29.6. The number of carboxylic acid groups (broad SMARTS) is 1. The summed E-state index contributed by atoms with van der Waals surface area (Å²) in [5.74, 6) is -1.76. The van der Waals surface area contributed by atoms with Crippen LogP contribution in [0.25, 0.3) is 0 Å². The lowest BCUT2D eigenvalue weighted by Crippen LogP contribution is -2.55. The number of aliphatic carboxylic acids is 1. The minimum absolute atomic E-state index is 0.0333. The molecule has 0 heterocycles. The summed E-state index contributed by atoms with van der Waals surface area (Å²) >= 11 is 0. The van der Waals surface area contributed by atoms with Gasteiger partial charge in [0.05, 0.1) is 40.3 Å². The Labute approximate surface area is 375 Å². The lowest BCUT2D eigenvalue weighted by Gasteiger charge is -2.34. The van der Waals surface area contributed by atoms with E-state index in [1.54, 1.807) is 21.1 Å². The van der Waals surface area contributed by atoms with Crippen LogP contribution in [0.2, 0.25) is 0 Å². The largest absolute Gasteiger partial charge is 0.544 e. The third-order valence-corrected chi connectivity index (χ3v) is 10.9. The predicted octanol–water partition coefficient (Wildman–Crippen LogP) is 12.8. The molecule has 0 N–H and O–H groups in total. The number of carbonyl (C=O) groups is 3. The molecule has 0 aliphatic rings. The summed E-state index contributed by atoms with van der Waals surface area (Å²) in [6.45, 7) is 4.53. The molecule has 2 atom stereocenters. The maximum Gasteiger partial charge on any atom is 0.306 e.